The number of aromatic nitrogens is 2. The number of nitrogens with zero attached hydrogens (tertiary/aromatic N) is 2. The molecule has 0 fully saturated rings. The molecule has 6 nitrogen and oxygen atoms in total. The highest BCUT2D eigenvalue weighted by atomic mass is 16.1. The van der Waals surface area contributed by atoms with Gasteiger partial charge >= 0.3 is 0 Å². The molecule has 0 bridgehead atoms. The van der Waals surface area contributed by atoms with Gasteiger partial charge in [0.15, 0.2) is 5.69 Å². The van der Waals surface area contributed by atoms with E-state index in [-0.39, 0.29) is 11.9 Å². The predicted octanol–water partition coefficient (Wildman–Crippen LogP) is 1.01. The Kier molecular flexibility index (Phi) is 6.21. The number of nitrogens with one attached hydrogen (secondary N) is 2. The van der Waals surface area contributed by atoms with Gasteiger partial charge in [-0.1, -0.05) is 13.8 Å². The highest BCUT2D eigenvalue weighted by Crippen LogP contribution is 2.12. The van der Waals surface area contributed by atoms with E-state index in [1.165, 1.54) is 0 Å². The fourth-order valence-electron chi connectivity index (χ4n) is 1.72. The third-order valence-electron chi connectivity index (χ3n) is 2.85. The fraction of sp³-hybridized carbons (Fsp3) is 0.615. The molecule has 0 aromatic carbocycles. The summed E-state index contributed by atoms with van der Waals surface area (Å²) in [5, 5.41) is 13.9. The molecule has 6 heteroatoms. The maximum Gasteiger partial charge on any atom is 0.271 e. The molecule has 0 spiro atoms. The number of anilines is 1. The summed E-state index contributed by atoms with van der Waals surface area (Å²) in [4.78, 5) is 11.5. The van der Waals surface area contributed by atoms with Gasteiger partial charge in [-0.2, -0.15) is 0 Å². The Labute approximate surface area is 114 Å². The Morgan fingerprint density at radius 3 is 2.58 bits per heavy atom. The summed E-state index contributed by atoms with van der Waals surface area (Å²) in [5.41, 5.74) is 5.92. The summed E-state index contributed by atoms with van der Waals surface area (Å²) >= 11 is 0. The van der Waals surface area contributed by atoms with Gasteiger partial charge in [-0.3, -0.25) is 4.79 Å². The summed E-state index contributed by atoms with van der Waals surface area (Å²) in [6.45, 7) is 7.32. The maximum absolute atomic E-state index is 11.5. The van der Waals surface area contributed by atoms with Crippen molar-refractivity contribution in [3.05, 3.63) is 17.8 Å². The maximum atomic E-state index is 11.5. The van der Waals surface area contributed by atoms with Crippen molar-refractivity contribution >= 4 is 11.7 Å². The average Bonchev–Trinajstić information content (AvgIpc) is 2.39. The topological polar surface area (TPSA) is 92.9 Å². The van der Waals surface area contributed by atoms with Gasteiger partial charge in [0.25, 0.3) is 5.91 Å². The second-order valence-electron chi connectivity index (χ2n) is 4.74. The van der Waals surface area contributed by atoms with Crippen molar-refractivity contribution in [1.29, 1.82) is 0 Å². The molecule has 0 aliphatic carbocycles. The average molecular weight is 265 g/mol. The fourth-order valence-corrected chi connectivity index (χ4v) is 1.72. The zero-order valence-electron chi connectivity index (χ0n) is 11.8. The van der Waals surface area contributed by atoms with Crippen molar-refractivity contribution in [3.8, 4) is 0 Å². The highest BCUT2D eigenvalue weighted by molar-refractivity contribution is 5.92. The van der Waals surface area contributed by atoms with Crippen LogP contribution >= 0.6 is 0 Å². The Hall–Kier alpha value is -1.69. The van der Waals surface area contributed by atoms with Crippen molar-refractivity contribution in [3.63, 3.8) is 0 Å². The van der Waals surface area contributed by atoms with E-state index in [1.54, 1.807) is 12.1 Å². The summed E-state index contributed by atoms with van der Waals surface area (Å²) < 4.78 is 0. The number of hydrogen-bond donors (Lipinski definition) is 3. The van der Waals surface area contributed by atoms with Crippen LogP contribution in [-0.2, 0) is 0 Å². The number of carbonyl (C=O) groups is 1. The quantitative estimate of drug-likeness (QED) is 0.684. The lowest BCUT2D eigenvalue weighted by Gasteiger charge is -2.21. The molecule has 1 heterocycles. The van der Waals surface area contributed by atoms with E-state index < -0.39 is 0 Å². The van der Waals surface area contributed by atoms with Crippen LogP contribution in [0, 0.1) is 5.92 Å². The summed E-state index contributed by atoms with van der Waals surface area (Å²) in [6.07, 6.45) is 0.872. The SMILES string of the molecule is CCNC(=O)c1ccc(NC(CCN)C(C)C)nn1. The minimum Gasteiger partial charge on any atom is -0.366 e. The van der Waals surface area contributed by atoms with Crippen LogP contribution in [0.5, 0.6) is 0 Å². The van der Waals surface area contributed by atoms with Gasteiger partial charge < -0.3 is 16.4 Å². The van der Waals surface area contributed by atoms with Crippen molar-refractivity contribution in [2.75, 3.05) is 18.4 Å². The molecule has 106 valence electrons. The predicted molar refractivity (Wildman–Crippen MR) is 76.0 cm³/mol. The number of rotatable bonds is 7. The molecule has 0 aliphatic rings. The minimum atomic E-state index is -0.205. The van der Waals surface area contributed by atoms with Crippen molar-refractivity contribution in [2.45, 2.75) is 33.2 Å². The number of hydrogen-bond acceptors (Lipinski definition) is 5. The molecule has 1 unspecified atom stereocenters. The zero-order chi connectivity index (χ0) is 14.3. The zero-order valence-corrected chi connectivity index (χ0v) is 11.8. The lowest BCUT2D eigenvalue weighted by atomic mass is 10.0. The number of nitrogens with two attached hydrogens (primary N) is 1. The van der Waals surface area contributed by atoms with Crippen LogP contribution in [0.15, 0.2) is 12.1 Å². The van der Waals surface area contributed by atoms with E-state index in [2.05, 4.69) is 34.7 Å². The first kappa shape index (κ1) is 15.4. The van der Waals surface area contributed by atoms with Crippen LogP contribution < -0.4 is 16.4 Å². The van der Waals surface area contributed by atoms with Gasteiger partial charge in [0.1, 0.15) is 5.82 Å². The molecule has 1 aromatic heterocycles. The first-order valence-electron chi connectivity index (χ1n) is 6.67. The summed E-state index contributed by atoms with van der Waals surface area (Å²) in [7, 11) is 0. The highest BCUT2D eigenvalue weighted by Gasteiger charge is 2.13. The lowest BCUT2D eigenvalue weighted by Crippen LogP contribution is -2.29. The van der Waals surface area contributed by atoms with Crippen molar-refractivity contribution in [1.82, 2.24) is 15.5 Å². The van der Waals surface area contributed by atoms with Gasteiger partial charge in [0.05, 0.1) is 0 Å². The molecule has 0 radical (unpaired) electrons. The van der Waals surface area contributed by atoms with Crippen LogP contribution in [0.1, 0.15) is 37.7 Å². The molecule has 1 aromatic rings. The van der Waals surface area contributed by atoms with E-state index in [4.69, 9.17) is 5.73 Å². The Balaban J connectivity index is 2.67. The van der Waals surface area contributed by atoms with E-state index in [9.17, 15) is 4.79 Å². The van der Waals surface area contributed by atoms with Gasteiger partial charge in [0.2, 0.25) is 0 Å². The molecular formula is C13H23N5O. The molecule has 0 aliphatic heterocycles. The number of carbonyl (C=O) groups excluding carboxylic acids is 1. The first-order valence-corrected chi connectivity index (χ1v) is 6.67. The molecule has 1 amide bonds. The third-order valence-corrected chi connectivity index (χ3v) is 2.85. The third kappa shape index (κ3) is 4.82. The van der Waals surface area contributed by atoms with E-state index in [0.717, 1.165) is 6.42 Å². The van der Waals surface area contributed by atoms with Gasteiger partial charge in [-0.15, -0.1) is 10.2 Å². The van der Waals surface area contributed by atoms with Crippen LogP contribution in [-0.4, -0.2) is 35.2 Å². The van der Waals surface area contributed by atoms with Crippen LogP contribution in [0.3, 0.4) is 0 Å². The molecular weight excluding hydrogens is 242 g/mol. The van der Waals surface area contributed by atoms with Gasteiger partial charge in [-0.25, -0.2) is 0 Å². The molecule has 1 rings (SSSR count). The Morgan fingerprint density at radius 1 is 1.37 bits per heavy atom. The normalized spacial score (nSPS) is 12.3. The van der Waals surface area contributed by atoms with Crippen LogP contribution in [0.2, 0.25) is 0 Å². The summed E-state index contributed by atoms with van der Waals surface area (Å²) in [6, 6.07) is 3.69. The molecule has 0 saturated heterocycles. The van der Waals surface area contributed by atoms with E-state index in [0.29, 0.717) is 30.5 Å². The van der Waals surface area contributed by atoms with Crippen molar-refractivity contribution in [2.24, 2.45) is 11.7 Å². The monoisotopic (exact) mass is 265 g/mol. The number of amides is 1. The Morgan fingerprint density at radius 2 is 2.11 bits per heavy atom. The van der Waals surface area contributed by atoms with E-state index in [1.807, 2.05) is 6.92 Å². The first-order chi connectivity index (χ1) is 9.08. The molecule has 4 N–H and O–H groups in total. The molecule has 0 saturated carbocycles. The van der Waals surface area contributed by atoms with Gasteiger partial charge in [-0.05, 0) is 37.9 Å². The minimum absolute atomic E-state index is 0.205. The van der Waals surface area contributed by atoms with Crippen LogP contribution in [0.4, 0.5) is 5.82 Å². The smallest absolute Gasteiger partial charge is 0.271 e. The second kappa shape index (κ2) is 7.68. The lowest BCUT2D eigenvalue weighted by molar-refractivity contribution is 0.0950. The van der Waals surface area contributed by atoms with Crippen LogP contribution in [0.25, 0.3) is 0 Å². The second-order valence-corrected chi connectivity index (χ2v) is 4.74. The largest absolute Gasteiger partial charge is 0.366 e. The summed E-state index contributed by atoms with van der Waals surface area (Å²) in [5.74, 6) is 0.914. The van der Waals surface area contributed by atoms with E-state index >= 15 is 0 Å². The van der Waals surface area contributed by atoms with Crippen molar-refractivity contribution < 1.29 is 4.79 Å². The molecule has 1 atom stereocenters. The van der Waals surface area contributed by atoms with Gasteiger partial charge in [0, 0.05) is 12.6 Å². The Bertz CT molecular complexity index is 391. The standard InChI is InChI=1S/C13H23N5O/c1-4-15-13(19)11-5-6-12(18-17-11)16-10(7-8-14)9(2)3/h5-6,9-10H,4,7-8,14H2,1-3H3,(H,15,19)(H,16,18). The molecule has 19 heavy (non-hydrogen) atoms.